The largest absolute Gasteiger partial charge is 0.440 e. The Hall–Kier alpha value is -2.16. The summed E-state index contributed by atoms with van der Waals surface area (Å²) in [5.74, 6) is 0.0681. The maximum atomic E-state index is 11.5. The summed E-state index contributed by atoms with van der Waals surface area (Å²) >= 11 is 0. The summed E-state index contributed by atoms with van der Waals surface area (Å²) in [6.07, 6.45) is 5.85. The second-order valence-electron chi connectivity index (χ2n) is 2.97. The lowest BCUT2D eigenvalue weighted by atomic mass is 10.2. The van der Waals surface area contributed by atoms with Gasteiger partial charge in [0.2, 0.25) is 5.78 Å². The first-order valence-corrected chi connectivity index (χ1v) is 4.52. The predicted octanol–water partition coefficient (Wildman–Crippen LogP) is 2.57. The molecule has 2 rings (SSSR count). The van der Waals surface area contributed by atoms with E-state index >= 15 is 0 Å². The summed E-state index contributed by atoms with van der Waals surface area (Å²) < 4.78 is 4.87. The average Bonchev–Trinajstić information content (AvgIpc) is 2.81. The van der Waals surface area contributed by atoms with Crippen LogP contribution >= 0.6 is 0 Å². The van der Waals surface area contributed by atoms with Crippen molar-refractivity contribution in [2.24, 2.45) is 0 Å². The first-order chi connectivity index (χ1) is 7.36. The second-order valence-corrected chi connectivity index (χ2v) is 2.97. The Balaban J connectivity index is 2.10. The molecule has 0 radical (unpaired) electrons. The minimum absolute atomic E-state index is 0.184. The molecule has 0 spiro atoms. The van der Waals surface area contributed by atoms with Crippen molar-refractivity contribution < 1.29 is 9.21 Å². The number of nitrogens with zero attached hydrogens (tertiary/aromatic N) is 1. The van der Waals surface area contributed by atoms with Crippen LogP contribution in [-0.2, 0) is 0 Å². The third-order valence-corrected chi connectivity index (χ3v) is 1.90. The maximum absolute atomic E-state index is 11.5. The highest BCUT2D eigenvalue weighted by Crippen LogP contribution is 2.04. The lowest BCUT2D eigenvalue weighted by molar-refractivity contribution is 0.102. The van der Waals surface area contributed by atoms with Gasteiger partial charge in [-0.15, -0.1) is 0 Å². The standard InChI is InChI=1S/C12H9NO2/c14-11(12-8-13-9-15-12)7-6-10-4-2-1-3-5-10/h1-9H/b7-6+. The number of rotatable bonds is 3. The average molecular weight is 199 g/mol. The van der Waals surface area contributed by atoms with Crippen LogP contribution in [0.1, 0.15) is 16.1 Å². The molecule has 0 N–H and O–H groups in total. The maximum Gasteiger partial charge on any atom is 0.222 e. The molecule has 0 aliphatic carbocycles. The highest BCUT2D eigenvalue weighted by Gasteiger charge is 2.03. The highest BCUT2D eigenvalue weighted by atomic mass is 16.3. The number of hydrogen-bond donors (Lipinski definition) is 0. The van der Waals surface area contributed by atoms with Crippen LogP contribution in [0.25, 0.3) is 6.08 Å². The van der Waals surface area contributed by atoms with E-state index in [-0.39, 0.29) is 11.5 Å². The Bertz CT molecular complexity index is 458. The van der Waals surface area contributed by atoms with Gasteiger partial charge in [-0.25, -0.2) is 4.98 Å². The van der Waals surface area contributed by atoms with Gasteiger partial charge in [0.15, 0.2) is 12.2 Å². The van der Waals surface area contributed by atoms with Gasteiger partial charge in [-0.3, -0.25) is 4.79 Å². The number of ketones is 1. The van der Waals surface area contributed by atoms with E-state index in [1.165, 1.54) is 18.7 Å². The van der Waals surface area contributed by atoms with Gasteiger partial charge in [0.25, 0.3) is 0 Å². The minimum Gasteiger partial charge on any atom is -0.440 e. The van der Waals surface area contributed by atoms with Gasteiger partial charge in [-0.2, -0.15) is 0 Å². The molecule has 0 unspecified atom stereocenters. The van der Waals surface area contributed by atoms with Crippen molar-refractivity contribution in [1.82, 2.24) is 4.98 Å². The molecule has 1 heterocycles. The zero-order valence-corrected chi connectivity index (χ0v) is 7.96. The topological polar surface area (TPSA) is 43.1 Å². The number of oxazole rings is 1. The van der Waals surface area contributed by atoms with E-state index in [2.05, 4.69) is 4.98 Å². The van der Waals surface area contributed by atoms with E-state index in [1.54, 1.807) is 6.08 Å². The lowest BCUT2D eigenvalue weighted by Gasteiger charge is -1.90. The van der Waals surface area contributed by atoms with Crippen LogP contribution in [0.5, 0.6) is 0 Å². The summed E-state index contributed by atoms with van der Waals surface area (Å²) in [6.45, 7) is 0. The number of carbonyl (C=O) groups excluding carboxylic acids is 1. The Labute approximate surface area is 87.1 Å². The summed E-state index contributed by atoms with van der Waals surface area (Å²) in [6, 6.07) is 9.60. The number of benzene rings is 1. The van der Waals surface area contributed by atoms with E-state index in [0.717, 1.165) is 5.56 Å². The zero-order valence-electron chi connectivity index (χ0n) is 7.96. The van der Waals surface area contributed by atoms with E-state index in [9.17, 15) is 4.79 Å². The summed E-state index contributed by atoms with van der Waals surface area (Å²) in [7, 11) is 0. The number of allylic oxidation sites excluding steroid dienone is 1. The van der Waals surface area contributed by atoms with Crippen LogP contribution in [0, 0.1) is 0 Å². The molecular weight excluding hydrogens is 190 g/mol. The van der Waals surface area contributed by atoms with Gasteiger partial charge in [0, 0.05) is 0 Å². The molecule has 0 bridgehead atoms. The fraction of sp³-hybridized carbons (Fsp3) is 0. The molecule has 0 fully saturated rings. The SMILES string of the molecule is O=C(/C=C/c1ccccc1)c1cnco1. The molecule has 1 aromatic carbocycles. The quantitative estimate of drug-likeness (QED) is 0.563. The van der Waals surface area contributed by atoms with Gasteiger partial charge in [0.1, 0.15) is 0 Å². The molecule has 0 saturated heterocycles. The van der Waals surface area contributed by atoms with Crippen molar-refractivity contribution in [2.75, 3.05) is 0 Å². The van der Waals surface area contributed by atoms with Crippen LogP contribution < -0.4 is 0 Å². The monoisotopic (exact) mass is 199 g/mol. The summed E-state index contributed by atoms with van der Waals surface area (Å²) in [5, 5.41) is 0. The highest BCUT2D eigenvalue weighted by molar-refractivity contribution is 6.04. The van der Waals surface area contributed by atoms with Crippen LogP contribution in [0.2, 0.25) is 0 Å². The van der Waals surface area contributed by atoms with Crippen LogP contribution in [0.4, 0.5) is 0 Å². The van der Waals surface area contributed by atoms with Crippen molar-refractivity contribution in [3.8, 4) is 0 Å². The molecule has 0 saturated carbocycles. The van der Waals surface area contributed by atoms with Gasteiger partial charge in [-0.1, -0.05) is 36.4 Å². The van der Waals surface area contributed by atoms with Gasteiger partial charge >= 0.3 is 0 Å². The van der Waals surface area contributed by atoms with Crippen LogP contribution in [0.15, 0.2) is 53.4 Å². The first-order valence-electron chi connectivity index (χ1n) is 4.52. The number of aromatic nitrogens is 1. The molecule has 15 heavy (non-hydrogen) atoms. The molecule has 0 amide bonds. The molecule has 0 aliphatic rings. The van der Waals surface area contributed by atoms with Gasteiger partial charge < -0.3 is 4.42 Å². The Morgan fingerprint density at radius 3 is 2.73 bits per heavy atom. The predicted molar refractivity (Wildman–Crippen MR) is 56.3 cm³/mol. The van der Waals surface area contributed by atoms with Gasteiger partial charge in [0.05, 0.1) is 6.20 Å². The summed E-state index contributed by atoms with van der Waals surface area (Å²) in [5.41, 5.74) is 0.977. The van der Waals surface area contributed by atoms with Crippen LogP contribution in [-0.4, -0.2) is 10.8 Å². The van der Waals surface area contributed by atoms with Crippen molar-refractivity contribution >= 4 is 11.9 Å². The second kappa shape index (κ2) is 4.37. The molecule has 0 aliphatic heterocycles. The fourth-order valence-electron chi connectivity index (χ4n) is 1.16. The molecule has 2 aromatic rings. The van der Waals surface area contributed by atoms with E-state index in [1.807, 2.05) is 30.3 Å². The third kappa shape index (κ3) is 2.40. The third-order valence-electron chi connectivity index (χ3n) is 1.90. The normalized spacial score (nSPS) is 10.7. The fourth-order valence-corrected chi connectivity index (χ4v) is 1.16. The Morgan fingerprint density at radius 1 is 1.27 bits per heavy atom. The van der Waals surface area contributed by atoms with Crippen molar-refractivity contribution in [1.29, 1.82) is 0 Å². The molecule has 74 valence electrons. The van der Waals surface area contributed by atoms with E-state index in [0.29, 0.717) is 0 Å². The Kier molecular flexibility index (Phi) is 2.74. The summed E-state index contributed by atoms with van der Waals surface area (Å²) in [4.78, 5) is 15.1. The van der Waals surface area contributed by atoms with E-state index in [4.69, 9.17) is 4.42 Å². The zero-order chi connectivity index (χ0) is 10.5. The Morgan fingerprint density at radius 2 is 2.07 bits per heavy atom. The first kappa shape index (κ1) is 9.40. The smallest absolute Gasteiger partial charge is 0.222 e. The molecule has 0 atom stereocenters. The number of carbonyl (C=O) groups is 1. The molecule has 1 aromatic heterocycles. The minimum atomic E-state index is -0.184. The number of hydrogen-bond acceptors (Lipinski definition) is 3. The lowest BCUT2D eigenvalue weighted by Crippen LogP contribution is -1.90. The van der Waals surface area contributed by atoms with Crippen molar-refractivity contribution in [3.63, 3.8) is 0 Å². The molecule has 3 nitrogen and oxygen atoms in total. The molecular formula is C12H9NO2. The molecule has 3 heteroatoms. The van der Waals surface area contributed by atoms with Crippen molar-refractivity contribution in [3.05, 3.63) is 60.3 Å². The van der Waals surface area contributed by atoms with E-state index < -0.39 is 0 Å². The van der Waals surface area contributed by atoms with Gasteiger partial charge in [-0.05, 0) is 11.6 Å². The van der Waals surface area contributed by atoms with Crippen LogP contribution in [0.3, 0.4) is 0 Å². The van der Waals surface area contributed by atoms with Crippen molar-refractivity contribution in [2.45, 2.75) is 0 Å².